The number of fused-ring (bicyclic) bond motifs is 1. The number of rotatable bonds is 6. The number of aromatic nitrogens is 1. The molecule has 0 bridgehead atoms. The third kappa shape index (κ3) is 4.55. The molecular weight excluding hydrogens is 327 g/mol. The summed E-state index contributed by atoms with van der Waals surface area (Å²) in [6.07, 6.45) is 1.97. The van der Waals surface area contributed by atoms with E-state index in [2.05, 4.69) is 21.9 Å². The van der Waals surface area contributed by atoms with Crippen LogP contribution in [0.15, 0.2) is 22.7 Å². The van der Waals surface area contributed by atoms with Crippen LogP contribution in [0, 0.1) is 11.7 Å². The van der Waals surface area contributed by atoms with E-state index < -0.39 is 5.97 Å². The molecule has 2 aromatic rings. The van der Waals surface area contributed by atoms with Gasteiger partial charge in [-0.1, -0.05) is 12.1 Å². The van der Waals surface area contributed by atoms with Crippen LogP contribution in [0.25, 0.3) is 11.0 Å². The standard InChI is InChI=1S/C18H23FN2O4/c1-12(11-23-25-13(2)22)10-21-7-5-14(6-8-21)18-16-4-3-15(19)9-17(16)24-20-18/h3-4,9,12,14H,5-8,10-11H2,1-2H3/t12-/m1/s1. The number of piperidine rings is 1. The van der Waals surface area contributed by atoms with Gasteiger partial charge in [0.15, 0.2) is 5.58 Å². The molecule has 7 heteroatoms. The molecule has 0 spiro atoms. The Hall–Kier alpha value is -1.99. The number of likely N-dealkylation sites (tertiary alicyclic amines) is 1. The molecule has 1 aliphatic rings. The molecule has 136 valence electrons. The van der Waals surface area contributed by atoms with Crippen LogP contribution in [0.5, 0.6) is 0 Å². The maximum atomic E-state index is 13.3. The molecule has 0 unspecified atom stereocenters. The molecule has 1 saturated heterocycles. The molecule has 1 fully saturated rings. The summed E-state index contributed by atoms with van der Waals surface area (Å²) in [6, 6.07) is 4.58. The van der Waals surface area contributed by atoms with Gasteiger partial charge in [-0.3, -0.25) is 4.89 Å². The molecule has 0 amide bonds. The summed E-state index contributed by atoms with van der Waals surface area (Å²) < 4.78 is 18.5. The van der Waals surface area contributed by atoms with Gasteiger partial charge in [-0.15, -0.1) is 0 Å². The van der Waals surface area contributed by atoms with E-state index in [9.17, 15) is 9.18 Å². The average Bonchev–Trinajstić information content (AvgIpc) is 2.98. The molecule has 0 radical (unpaired) electrons. The fourth-order valence-corrected chi connectivity index (χ4v) is 3.34. The van der Waals surface area contributed by atoms with Gasteiger partial charge in [0.25, 0.3) is 0 Å². The Bertz CT molecular complexity index is 725. The fraction of sp³-hybridized carbons (Fsp3) is 0.556. The Morgan fingerprint density at radius 1 is 1.44 bits per heavy atom. The highest BCUT2D eigenvalue weighted by Gasteiger charge is 2.25. The third-order valence-electron chi connectivity index (χ3n) is 4.53. The maximum Gasteiger partial charge on any atom is 0.339 e. The molecule has 1 aliphatic heterocycles. The van der Waals surface area contributed by atoms with E-state index >= 15 is 0 Å². The van der Waals surface area contributed by atoms with Crippen molar-refractivity contribution in [2.24, 2.45) is 5.92 Å². The summed E-state index contributed by atoms with van der Waals surface area (Å²) in [6.45, 7) is 6.57. The number of benzene rings is 1. The van der Waals surface area contributed by atoms with E-state index in [0.717, 1.165) is 43.6 Å². The van der Waals surface area contributed by atoms with Crippen LogP contribution < -0.4 is 0 Å². The summed E-state index contributed by atoms with van der Waals surface area (Å²) in [5.41, 5.74) is 1.44. The predicted octanol–water partition coefficient (Wildman–Crippen LogP) is 3.28. The van der Waals surface area contributed by atoms with Crippen molar-refractivity contribution in [2.75, 3.05) is 26.2 Å². The Labute approximate surface area is 145 Å². The smallest absolute Gasteiger partial charge is 0.339 e. The molecule has 0 N–H and O–H groups in total. The molecule has 1 aromatic heterocycles. The molecule has 0 aliphatic carbocycles. The highest BCUT2D eigenvalue weighted by molar-refractivity contribution is 5.79. The largest absolute Gasteiger partial charge is 0.356 e. The summed E-state index contributed by atoms with van der Waals surface area (Å²) in [5.74, 6) is -0.148. The van der Waals surface area contributed by atoms with Gasteiger partial charge in [0, 0.05) is 30.8 Å². The molecule has 1 atom stereocenters. The molecule has 0 saturated carbocycles. The first-order valence-corrected chi connectivity index (χ1v) is 8.60. The van der Waals surface area contributed by atoms with Crippen molar-refractivity contribution in [1.82, 2.24) is 10.1 Å². The molecule has 3 rings (SSSR count). The number of carbonyl (C=O) groups is 1. The number of hydrogen-bond acceptors (Lipinski definition) is 6. The zero-order chi connectivity index (χ0) is 17.8. The quantitative estimate of drug-likeness (QED) is 0.588. The number of carbonyl (C=O) groups excluding carboxylic acids is 1. The van der Waals surface area contributed by atoms with Crippen molar-refractivity contribution in [3.8, 4) is 0 Å². The Morgan fingerprint density at radius 3 is 2.92 bits per heavy atom. The lowest BCUT2D eigenvalue weighted by Crippen LogP contribution is -2.37. The minimum Gasteiger partial charge on any atom is -0.356 e. The summed E-state index contributed by atoms with van der Waals surface area (Å²) >= 11 is 0. The van der Waals surface area contributed by atoms with Crippen molar-refractivity contribution in [1.29, 1.82) is 0 Å². The van der Waals surface area contributed by atoms with Crippen LogP contribution in [-0.4, -0.2) is 42.3 Å². The second-order valence-electron chi connectivity index (χ2n) is 6.75. The van der Waals surface area contributed by atoms with Gasteiger partial charge in [0.2, 0.25) is 0 Å². The van der Waals surface area contributed by atoms with Crippen molar-refractivity contribution in [2.45, 2.75) is 32.6 Å². The number of halogens is 1. The summed E-state index contributed by atoms with van der Waals surface area (Å²) in [4.78, 5) is 22.5. The topological polar surface area (TPSA) is 64.8 Å². The first-order valence-electron chi connectivity index (χ1n) is 8.60. The van der Waals surface area contributed by atoms with E-state index in [-0.39, 0.29) is 11.7 Å². The van der Waals surface area contributed by atoms with Crippen LogP contribution in [0.1, 0.15) is 38.3 Å². The van der Waals surface area contributed by atoms with Crippen molar-refractivity contribution in [3.63, 3.8) is 0 Å². The van der Waals surface area contributed by atoms with Crippen LogP contribution in [0.4, 0.5) is 4.39 Å². The second kappa shape index (κ2) is 7.93. The third-order valence-corrected chi connectivity index (χ3v) is 4.53. The van der Waals surface area contributed by atoms with E-state index in [0.29, 0.717) is 18.1 Å². The molecule has 1 aromatic carbocycles. The van der Waals surface area contributed by atoms with Gasteiger partial charge >= 0.3 is 5.97 Å². The van der Waals surface area contributed by atoms with Gasteiger partial charge in [-0.25, -0.2) is 9.18 Å². The average molecular weight is 350 g/mol. The van der Waals surface area contributed by atoms with Crippen molar-refractivity contribution >= 4 is 16.9 Å². The Balaban J connectivity index is 1.50. The van der Waals surface area contributed by atoms with Gasteiger partial charge in [0.05, 0.1) is 12.3 Å². The highest BCUT2D eigenvalue weighted by Crippen LogP contribution is 2.32. The predicted molar refractivity (Wildman–Crippen MR) is 89.3 cm³/mol. The lowest BCUT2D eigenvalue weighted by atomic mass is 9.91. The molecular formula is C18H23FN2O4. The van der Waals surface area contributed by atoms with Crippen LogP contribution >= 0.6 is 0 Å². The first kappa shape index (κ1) is 17.8. The van der Waals surface area contributed by atoms with Gasteiger partial charge in [-0.2, -0.15) is 4.89 Å². The van der Waals surface area contributed by atoms with E-state index in [4.69, 9.17) is 9.41 Å². The van der Waals surface area contributed by atoms with Gasteiger partial charge in [-0.05, 0) is 44.0 Å². The SMILES string of the molecule is CC(=O)OOC[C@H](C)CN1CCC(c2noc3cc(F)ccc23)CC1. The minimum absolute atomic E-state index is 0.270. The Morgan fingerprint density at radius 2 is 2.20 bits per heavy atom. The lowest BCUT2D eigenvalue weighted by Gasteiger charge is -2.32. The molecule has 6 nitrogen and oxygen atoms in total. The van der Waals surface area contributed by atoms with Crippen molar-refractivity contribution < 1.29 is 23.5 Å². The van der Waals surface area contributed by atoms with E-state index in [1.165, 1.54) is 19.1 Å². The highest BCUT2D eigenvalue weighted by atomic mass is 19.1. The summed E-state index contributed by atoms with van der Waals surface area (Å²) in [7, 11) is 0. The fourth-order valence-electron chi connectivity index (χ4n) is 3.34. The second-order valence-corrected chi connectivity index (χ2v) is 6.75. The zero-order valence-corrected chi connectivity index (χ0v) is 14.5. The monoisotopic (exact) mass is 350 g/mol. The van der Waals surface area contributed by atoms with E-state index in [1.807, 2.05) is 0 Å². The molecule has 25 heavy (non-hydrogen) atoms. The van der Waals surface area contributed by atoms with Crippen LogP contribution in [0.2, 0.25) is 0 Å². The first-order chi connectivity index (χ1) is 12.0. The van der Waals surface area contributed by atoms with Crippen LogP contribution in [0.3, 0.4) is 0 Å². The molecule has 2 heterocycles. The van der Waals surface area contributed by atoms with Gasteiger partial charge in [0.1, 0.15) is 5.82 Å². The van der Waals surface area contributed by atoms with E-state index in [1.54, 1.807) is 6.07 Å². The normalized spacial score (nSPS) is 17.7. The van der Waals surface area contributed by atoms with Gasteiger partial charge < -0.3 is 9.42 Å². The maximum absolute atomic E-state index is 13.3. The minimum atomic E-state index is -0.437. The zero-order valence-electron chi connectivity index (χ0n) is 14.5. The summed E-state index contributed by atoms with van der Waals surface area (Å²) in [5, 5.41) is 5.08. The number of hydrogen-bond donors (Lipinski definition) is 0. The van der Waals surface area contributed by atoms with Crippen molar-refractivity contribution in [3.05, 3.63) is 29.7 Å². The Kier molecular flexibility index (Phi) is 5.65. The lowest BCUT2D eigenvalue weighted by molar-refractivity contribution is -0.275. The number of nitrogens with zero attached hydrogens (tertiary/aromatic N) is 2. The van der Waals surface area contributed by atoms with Crippen LogP contribution in [-0.2, 0) is 14.6 Å².